The van der Waals surface area contributed by atoms with Gasteiger partial charge in [-0.3, -0.25) is 14.5 Å². The lowest BCUT2D eigenvalue weighted by atomic mass is 10.1. The number of nitrogens with zero attached hydrogens (tertiary/aromatic N) is 3. The zero-order valence-electron chi connectivity index (χ0n) is 11.7. The molecule has 1 aromatic carbocycles. The molecule has 1 saturated carbocycles. The zero-order valence-corrected chi connectivity index (χ0v) is 12.5. The van der Waals surface area contributed by atoms with Crippen LogP contribution in [-0.4, -0.2) is 39.2 Å². The van der Waals surface area contributed by atoms with Crippen LogP contribution in [-0.2, 0) is 0 Å². The fourth-order valence-electron chi connectivity index (χ4n) is 2.44. The number of hydrogen-bond acceptors (Lipinski definition) is 6. The van der Waals surface area contributed by atoms with Crippen molar-refractivity contribution in [3.05, 3.63) is 41.3 Å². The summed E-state index contributed by atoms with van der Waals surface area (Å²) in [5.74, 6) is 1.20. The Morgan fingerprint density at radius 2 is 1.82 bits per heavy atom. The minimum absolute atomic E-state index is 0.231. The first-order valence-electron chi connectivity index (χ1n) is 7.15. The fraction of sp³-hybridized carbons (Fsp3) is 0.333. The summed E-state index contributed by atoms with van der Waals surface area (Å²) in [6, 6.07) is 6.89. The normalized spacial score (nSPS) is 17.2. The Kier molecular flexibility index (Phi) is 3.22. The van der Waals surface area contributed by atoms with Crippen LogP contribution in [0.2, 0.25) is 0 Å². The summed E-state index contributed by atoms with van der Waals surface area (Å²) in [7, 11) is 0. The highest BCUT2D eigenvalue weighted by atomic mass is 32.2. The lowest BCUT2D eigenvalue weighted by Crippen LogP contribution is -2.31. The van der Waals surface area contributed by atoms with Gasteiger partial charge in [0.2, 0.25) is 5.89 Å². The van der Waals surface area contributed by atoms with Gasteiger partial charge in [0.15, 0.2) is 0 Å². The van der Waals surface area contributed by atoms with Gasteiger partial charge in [-0.15, -0.1) is 10.2 Å². The average molecular weight is 315 g/mol. The monoisotopic (exact) mass is 315 g/mol. The zero-order chi connectivity index (χ0) is 15.1. The number of carbonyl (C=O) groups is 2. The number of fused-ring (bicyclic) bond motifs is 1. The van der Waals surface area contributed by atoms with Gasteiger partial charge in [-0.1, -0.05) is 23.9 Å². The number of imide groups is 1. The van der Waals surface area contributed by atoms with Crippen molar-refractivity contribution in [1.29, 1.82) is 0 Å². The summed E-state index contributed by atoms with van der Waals surface area (Å²) in [5, 5.41) is 8.48. The molecule has 1 aliphatic heterocycles. The maximum absolute atomic E-state index is 12.2. The molecule has 2 heterocycles. The van der Waals surface area contributed by atoms with Crippen LogP contribution >= 0.6 is 11.8 Å². The Labute approximate surface area is 130 Å². The molecule has 2 amide bonds. The van der Waals surface area contributed by atoms with Gasteiger partial charge in [-0.05, 0) is 25.0 Å². The lowest BCUT2D eigenvalue weighted by Gasteiger charge is -2.12. The van der Waals surface area contributed by atoms with E-state index in [-0.39, 0.29) is 11.8 Å². The second-order valence-corrected chi connectivity index (χ2v) is 6.38. The molecule has 112 valence electrons. The van der Waals surface area contributed by atoms with Crippen molar-refractivity contribution in [2.24, 2.45) is 0 Å². The highest BCUT2D eigenvalue weighted by Crippen LogP contribution is 2.39. The number of carbonyl (C=O) groups excluding carboxylic acids is 2. The molecule has 1 aliphatic carbocycles. The van der Waals surface area contributed by atoms with Gasteiger partial charge in [-0.25, -0.2) is 0 Å². The topological polar surface area (TPSA) is 76.3 Å². The van der Waals surface area contributed by atoms with Gasteiger partial charge in [0, 0.05) is 18.2 Å². The third-order valence-corrected chi connectivity index (χ3v) is 4.57. The Morgan fingerprint density at radius 1 is 1.14 bits per heavy atom. The quantitative estimate of drug-likeness (QED) is 0.622. The molecule has 1 fully saturated rings. The third kappa shape index (κ3) is 2.31. The number of thioether (sulfide) groups is 1. The molecule has 0 unspecified atom stereocenters. The van der Waals surface area contributed by atoms with Crippen molar-refractivity contribution in [2.45, 2.75) is 24.0 Å². The first-order chi connectivity index (χ1) is 10.7. The Bertz CT molecular complexity index is 719. The van der Waals surface area contributed by atoms with E-state index in [1.54, 1.807) is 24.3 Å². The smallest absolute Gasteiger partial charge is 0.276 e. The number of hydrogen-bond donors (Lipinski definition) is 0. The van der Waals surface area contributed by atoms with Crippen LogP contribution in [0.5, 0.6) is 0 Å². The number of amides is 2. The predicted molar refractivity (Wildman–Crippen MR) is 78.8 cm³/mol. The highest BCUT2D eigenvalue weighted by Gasteiger charge is 2.34. The van der Waals surface area contributed by atoms with E-state index >= 15 is 0 Å². The van der Waals surface area contributed by atoms with Gasteiger partial charge in [0.25, 0.3) is 17.0 Å². The van der Waals surface area contributed by atoms with Gasteiger partial charge < -0.3 is 4.42 Å². The fourth-order valence-corrected chi connectivity index (χ4v) is 3.13. The third-order valence-electron chi connectivity index (χ3n) is 3.77. The summed E-state index contributed by atoms with van der Waals surface area (Å²) in [4.78, 5) is 25.7. The summed E-state index contributed by atoms with van der Waals surface area (Å²) >= 11 is 1.37. The molecule has 0 saturated heterocycles. The van der Waals surface area contributed by atoms with E-state index in [0.29, 0.717) is 40.5 Å². The van der Waals surface area contributed by atoms with Crippen molar-refractivity contribution in [2.75, 3.05) is 12.3 Å². The van der Waals surface area contributed by atoms with Gasteiger partial charge in [0.05, 0.1) is 11.1 Å². The summed E-state index contributed by atoms with van der Waals surface area (Å²) < 4.78 is 5.54. The second-order valence-electron chi connectivity index (χ2n) is 5.34. The van der Waals surface area contributed by atoms with E-state index in [1.807, 2.05) is 0 Å². The SMILES string of the molecule is O=C1c2ccccc2C(=O)N1CCSc1nnc(C2CC2)o1. The molecule has 4 rings (SSSR count). The van der Waals surface area contributed by atoms with Crippen LogP contribution in [0.3, 0.4) is 0 Å². The van der Waals surface area contributed by atoms with Crippen molar-refractivity contribution in [1.82, 2.24) is 15.1 Å². The van der Waals surface area contributed by atoms with Crippen molar-refractivity contribution >= 4 is 23.6 Å². The molecule has 22 heavy (non-hydrogen) atoms. The van der Waals surface area contributed by atoms with Gasteiger partial charge in [-0.2, -0.15) is 0 Å². The Balaban J connectivity index is 1.38. The second kappa shape index (κ2) is 5.24. The predicted octanol–water partition coefficient (Wildman–Crippen LogP) is 2.34. The molecule has 0 radical (unpaired) electrons. The summed E-state index contributed by atoms with van der Waals surface area (Å²) in [5.41, 5.74) is 0.956. The van der Waals surface area contributed by atoms with Crippen molar-refractivity contribution in [3.63, 3.8) is 0 Å². The molecule has 0 bridgehead atoms. The number of rotatable bonds is 5. The van der Waals surface area contributed by atoms with E-state index in [9.17, 15) is 9.59 Å². The maximum atomic E-state index is 12.2. The first-order valence-corrected chi connectivity index (χ1v) is 8.14. The van der Waals surface area contributed by atoms with Crippen molar-refractivity contribution in [3.8, 4) is 0 Å². The summed E-state index contributed by atoms with van der Waals surface area (Å²) in [6.07, 6.45) is 2.22. The van der Waals surface area contributed by atoms with Crippen molar-refractivity contribution < 1.29 is 14.0 Å². The molecule has 0 N–H and O–H groups in total. The standard InChI is InChI=1S/C15H13N3O3S/c19-13-10-3-1-2-4-11(10)14(20)18(13)7-8-22-15-17-16-12(21-15)9-5-6-9/h1-4,9H,5-8H2. The molecule has 2 aromatic rings. The minimum Gasteiger partial charge on any atom is -0.416 e. The largest absolute Gasteiger partial charge is 0.416 e. The highest BCUT2D eigenvalue weighted by molar-refractivity contribution is 7.99. The Hall–Kier alpha value is -2.15. The van der Waals surface area contributed by atoms with E-state index in [0.717, 1.165) is 12.8 Å². The summed E-state index contributed by atoms with van der Waals surface area (Å²) in [6.45, 7) is 0.332. The average Bonchev–Trinajstić information content (AvgIpc) is 3.24. The van der Waals surface area contributed by atoms with E-state index in [2.05, 4.69) is 10.2 Å². The Morgan fingerprint density at radius 3 is 2.45 bits per heavy atom. The minimum atomic E-state index is -0.231. The van der Waals surface area contributed by atoms with Crippen LogP contribution in [0.4, 0.5) is 0 Å². The van der Waals surface area contributed by atoms with E-state index < -0.39 is 0 Å². The molecule has 2 aliphatic rings. The van der Waals surface area contributed by atoms with Crippen LogP contribution in [0.25, 0.3) is 0 Å². The number of aromatic nitrogens is 2. The molecule has 0 atom stereocenters. The molecule has 1 aromatic heterocycles. The van der Waals surface area contributed by atoms with E-state index in [4.69, 9.17) is 4.42 Å². The molecular formula is C15H13N3O3S. The number of benzene rings is 1. The molecule has 6 nitrogen and oxygen atoms in total. The molecular weight excluding hydrogens is 302 g/mol. The van der Waals surface area contributed by atoms with Crippen LogP contribution in [0, 0.1) is 0 Å². The molecule has 7 heteroatoms. The van der Waals surface area contributed by atoms with Crippen LogP contribution < -0.4 is 0 Å². The van der Waals surface area contributed by atoms with Crippen LogP contribution in [0.15, 0.2) is 33.9 Å². The molecule has 0 spiro atoms. The van der Waals surface area contributed by atoms with Gasteiger partial charge >= 0.3 is 0 Å². The van der Waals surface area contributed by atoms with Gasteiger partial charge in [0.1, 0.15) is 0 Å². The lowest BCUT2D eigenvalue weighted by molar-refractivity contribution is 0.0664. The maximum Gasteiger partial charge on any atom is 0.276 e. The first kappa shape index (κ1) is 13.5. The van der Waals surface area contributed by atoms with Crippen LogP contribution in [0.1, 0.15) is 45.4 Å². The van der Waals surface area contributed by atoms with E-state index in [1.165, 1.54) is 16.7 Å².